The molecule has 0 heterocycles. The van der Waals surface area contributed by atoms with Gasteiger partial charge in [-0.3, -0.25) is 9.59 Å². The van der Waals surface area contributed by atoms with Crippen LogP contribution in [0.1, 0.15) is 24.0 Å². The van der Waals surface area contributed by atoms with Crippen LogP contribution in [0.4, 0.5) is 0 Å². The van der Waals surface area contributed by atoms with Crippen LogP contribution in [0.15, 0.2) is 30.3 Å². The molecule has 0 spiro atoms. The third-order valence-electron chi connectivity index (χ3n) is 2.31. The molecule has 5 nitrogen and oxygen atoms in total. The molecular formula is C14H14N2O3. The Bertz CT molecular complexity index is 530. The Labute approximate surface area is 111 Å². The SMILES string of the molecule is N#Cc1cccc(/C=C/C(=O)NCCCC(=O)O)c1. The normalized spacial score (nSPS) is 10.1. The maximum atomic E-state index is 11.4. The zero-order chi connectivity index (χ0) is 14.1. The number of nitriles is 1. The summed E-state index contributed by atoms with van der Waals surface area (Å²) in [5.41, 5.74) is 1.30. The highest BCUT2D eigenvalue weighted by molar-refractivity contribution is 5.91. The Morgan fingerprint density at radius 1 is 1.42 bits per heavy atom. The molecule has 0 aromatic heterocycles. The van der Waals surface area contributed by atoms with Crippen LogP contribution in [-0.2, 0) is 9.59 Å². The third-order valence-corrected chi connectivity index (χ3v) is 2.31. The lowest BCUT2D eigenvalue weighted by Gasteiger charge is -1.99. The van der Waals surface area contributed by atoms with E-state index in [4.69, 9.17) is 10.4 Å². The second kappa shape index (κ2) is 7.67. The van der Waals surface area contributed by atoms with Gasteiger partial charge in [0.2, 0.25) is 5.91 Å². The van der Waals surface area contributed by atoms with Gasteiger partial charge in [-0.05, 0) is 30.2 Å². The minimum Gasteiger partial charge on any atom is -0.481 e. The average molecular weight is 258 g/mol. The van der Waals surface area contributed by atoms with Crippen molar-refractivity contribution in [2.24, 2.45) is 0 Å². The molecule has 19 heavy (non-hydrogen) atoms. The van der Waals surface area contributed by atoms with Crippen LogP contribution in [0.2, 0.25) is 0 Å². The summed E-state index contributed by atoms with van der Waals surface area (Å²) >= 11 is 0. The first-order valence-corrected chi connectivity index (χ1v) is 5.79. The molecule has 0 atom stereocenters. The smallest absolute Gasteiger partial charge is 0.303 e. The molecule has 0 unspecified atom stereocenters. The summed E-state index contributed by atoms with van der Waals surface area (Å²) in [6.07, 6.45) is 3.40. The summed E-state index contributed by atoms with van der Waals surface area (Å²) < 4.78 is 0. The van der Waals surface area contributed by atoms with Gasteiger partial charge < -0.3 is 10.4 Å². The Morgan fingerprint density at radius 3 is 2.89 bits per heavy atom. The van der Waals surface area contributed by atoms with Crippen LogP contribution in [0, 0.1) is 11.3 Å². The second-order valence-corrected chi connectivity index (χ2v) is 3.86. The van der Waals surface area contributed by atoms with Crippen molar-refractivity contribution in [3.8, 4) is 6.07 Å². The van der Waals surface area contributed by atoms with Crippen molar-refractivity contribution in [1.82, 2.24) is 5.32 Å². The maximum absolute atomic E-state index is 11.4. The van der Waals surface area contributed by atoms with E-state index in [0.717, 1.165) is 5.56 Å². The molecule has 0 fully saturated rings. The number of aliphatic carboxylic acids is 1. The predicted molar refractivity (Wildman–Crippen MR) is 70.1 cm³/mol. The Hall–Kier alpha value is -2.61. The lowest BCUT2D eigenvalue weighted by Crippen LogP contribution is -2.22. The largest absolute Gasteiger partial charge is 0.481 e. The van der Waals surface area contributed by atoms with Crippen LogP contribution in [0.3, 0.4) is 0 Å². The molecule has 1 aromatic carbocycles. The number of amides is 1. The quantitative estimate of drug-likeness (QED) is 0.598. The van der Waals surface area contributed by atoms with Crippen LogP contribution in [0.25, 0.3) is 6.08 Å². The van der Waals surface area contributed by atoms with Crippen LogP contribution >= 0.6 is 0 Å². The fourth-order valence-electron chi connectivity index (χ4n) is 1.39. The Balaban J connectivity index is 2.41. The zero-order valence-electron chi connectivity index (χ0n) is 10.3. The molecule has 0 saturated heterocycles. The molecule has 0 radical (unpaired) electrons. The molecule has 1 rings (SSSR count). The van der Waals surface area contributed by atoms with Crippen molar-refractivity contribution in [3.05, 3.63) is 41.5 Å². The van der Waals surface area contributed by atoms with Gasteiger partial charge in [0, 0.05) is 19.0 Å². The number of nitrogens with one attached hydrogen (secondary N) is 1. The number of carbonyl (C=O) groups is 2. The molecule has 98 valence electrons. The molecule has 0 aliphatic heterocycles. The van der Waals surface area contributed by atoms with E-state index in [9.17, 15) is 9.59 Å². The molecule has 2 N–H and O–H groups in total. The number of rotatable bonds is 6. The van der Waals surface area contributed by atoms with Crippen LogP contribution < -0.4 is 5.32 Å². The molecule has 1 aromatic rings. The van der Waals surface area contributed by atoms with Gasteiger partial charge in [-0.2, -0.15) is 5.26 Å². The van der Waals surface area contributed by atoms with E-state index >= 15 is 0 Å². The summed E-state index contributed by atoms with van der Waals surface area (Å²) in [5.74, 6) is -1.16. The number of benzene rings is 1. The first-order chi connectivity index (χ1) is 9.11. The molecular weight excluding hydrogens is 244 g/mol. The standard InChI is InChI=1S/C14H14N2O3/c15-10-12-4-1-3-11(9-12)6-7-13(17)16-8-2-5-14(18)19/h1,3-4,6-7,9H,2,5,8H2,(H,16,17)(H,18,19)/b7-6+. The predicted octanol–water partition coefficient (Wildman–Crippen LogP) is 1.55. The lowest BCUT2D eigenvalue weighted by atomic mass is 10.1. The molecule has 0 aliphatic carbocycles. The van der Waals surface area contributed by atoms with E-state index in [0.29, 0.717) is 18.5 Å². The van der Waals surface area contributed by atoms with Gasteiger partial charge in [0.1, 0.15) is 0 Å². The molecule has 0 aliphatic rings. The number of carboxylic acid groups (broad SMARTS) is 1. The highest BCUT2D eigenvalue weighted by atomic mass is 16.4. The van der Waals surface area contributed by atoms with E-state index < -0.39 is 5.97 Å². The minimum absolute atomic E-state index is 0.0359. The number of hydrogen-bond donors (Lipinski definition) is 2. The van der Waals surface area contributed by atoms with Crippen LogP contribution in [-0.4, -0.2) is 23.5 Å². The third kappa shape index (κ3) is 6.03. The van der Waals surface area contributed by atoms with Crippen molar-refractivity contribution >= 4 is 18.0 Å². The van der Waals surface area contributed by atoms with Gasteiger partial charge in [0.25, 0.3) is 0 Å². The van der Waals surface area contributed by atoms with E-state index in [1.807, 2.05) is 6.07 Å². The number of carboxylic acids is 1. The van der Waals surface area contributed by atoms with Crippen LogP contribution in [0.5, 0.6) is 0 Å². The van der Waals surface area contributed by atoms with Crippen molar-refractivity contribution in [2.45, 2.75) is 12.8 Å². The Morgan fingerprint density at radius 2 is 2.21 bits per heavy atom. The summed E-state index contributed by atoms with van der Waals surface area (Å²) in [6.45, 7) is 0.327. The van der Waals surface area contributed by atoms with Gasteiger partial charge in [-0.1, -0.05) is 12.1 Å². The number of nitrogens with zero attached hydrogens (tertiary/aromatic N) is 1. The summed E-state index contributed by atoms with van der Waals surface area (Å²) in [7, 11) is 0. The average Bonchev–Trinajstić information content (AvgIpc) is 2.41. The van der Waals surface area contributed by atoms with Gasteiger partial charge in [-0.25, -0.2) is 0 Å². The van der Waals surface area contributed by atoms with Gasteiger partial charge in [0.05, 0.1) is 11.6 Å². The molecule has 5 heteroatoms. The van der Waals surface area contributed by atoms with Gasteiger partial charge in [-0.15, -0.1) is 0 Å². The molecule has 1 amide bonds. The zero-order valence-corrected chi connectivity index (χ0v) is 10.3. The van der Waals surface area contributed by atoms with Crippen molar-refractivity contribution < 1.29 is 14.7 Å². The first-order valence-electron chi connectivity index (χ1n) is 5.79. The second-order valence-electron chi connectivity index (χ2n) is 3.86. The lowest BCUT2D eigenvalue weighted by molar-refractivity contribution is -0.137. The highest BCUT2D eigenvalue weighted by Gasteiger charge is 1.98. The van der Waals surface area contributed by atoms with Crippen molar-refractivity contribution in [3.63, 3.8) is 0 Å². The monoisotopic (exact) mass is 258 g/mol. The molecule has 0 bridgehead atoms. The van der Waals surface area contributed by atoms with E-state index in [1.165, 1.54) is 6.08 Å². The van der Waals surface area contributed by atoms with Crippen molar-refractivity contribution in [1.29, 1.82) is 5.26 Å². The number of carbonyl (C=O) groups excluding carboxylic acids is 1. The Kier molecular flexibility index (Phi) is 5.83. The fraction of sp³-hybridized carbons (Fsp3) is 0.214. The summed E-state index contributed by atoms with van der Waals surface area (Å²) in [5, 5.41) is 19.7. The van der Waals surface area contributed by atoms with Gasteiger partial charge >= 0.3 is 5.97 Å². The van der Waals surface area contributed by atoms with E-state index in [-0.39, 0.29) is 12.3 Å². The summed E-state index contributed by atoms with van der Waals surface area (Å²) in [6, 6.07) is 8.90. The van der Waals surface area contributed by atoms with Gasteiger partial charge in [0.15, 0.2) is 0 Å². The summed E-state index contributed by atoms with van der Waals surface area (Å²) in [4.78, 5) is 21.7. The minimum atomic E-state index is -0.877. The van der Waals surface area contributed by atoms with E-state index in [1.54, 1.807) is 30.3 Å². The maximum Gasteiger partial charge on any atom is 0.303 e. The highest BCUT2D eigenvalue weighted by Crippen LogP contribution is 2.05. The first kappa shape index (κ1) is 14.5. The fourth-order valence-corrected chi connectivity index (χ4v) is 1.39. The van der Waals surface area contributed by atoms with Crippen molar-refractivity contribution in [2.75, 3.05) is 6.54 Å². The van der Waals surface area contributed by atoms with E-state index in [2.05, 4.69) is 5.32 Å². The number of hydrogen-bond acceptors (Lipinski definition) is 3. The molecule has 0 saturated carbocycles. The topological polar surface area (TPSA) is 90.2 Å².